The molecule has 4 rings (SSSR count). The number of aromatic nitrogens is 2. The van der Waals surface area contributed by atoms with Crippen LogP contribution >= 0.6 is 0 Å². The Morgan fingerprint density at radius 2 is 1.90 bits per heavy atom. The molecule has 3 heterocycles. The second-order valence-electron chi connectivity index (χ2n) is 8.53. The van der Waals surface area contributed by atoms with Crippen molar-refractivity contribution in [2.75, 3.05) is 19.6 Å². The van der Waals surface area contributed by atoms with Gasteiger partial charge in [-0.2, -0.15) is 0 Å². The smallest absolute Gasteiger partial charge is 0.251 e. The molecule has 0 atom stereocenters. The Morgan fingerprint density at radius 1 is 1.14 bits per heavy atom. The molecule has 1 saturated heterocycles. The number of halogens is 2. The molecule has 29 heavy (non-hydrogen) atoms. The number of nitrogens with zero attached hydrogens (tertiary/aromatic N) is 2. The Labute approximate surface area is 171 Å². The van der Waals surface area contributed by atoms with E-state index in [2.05, 4.69) is 54.1 Å². The number of hydrogen-bond acceptors (Lipinski definition) is 2. The number of pyridine rings is 1. The standard InChI is InChI=1S/C24H29F2N3/c1-15(2)23-20-13-18(17-7-10-29(11-8-17)14-22(25)26)4-5-21(20)28-24(23)19-6-9-27-16(3)12-19/h4-6,9,12-13,15,17,22,28H,7-8,10-11,14H2,1-3H3. The number of aromatic amines is 1. The molecule has 0 saturated carbocycles. The molecule has 0 amide bonds. The predicted octanol–water partition coefficient (Wildman–Crippen LogP) is 6.11. The van der Waals surface area contributed by atoms with Crippen LogP contribution in [0.3, 0.4) is 0 Å². The first kappa shape index (κ1) is 20.0. The molecule has 154 valence electrons. The molecule has 2 aromatic heterocycles. The van der Waals surface area contributed by atoms with Crippen LogP contribution in [0.2, 0.25) is 0 Å². The average Bonchev–Trinajstić information content (AvgIpc) is 3.07. The monoisotopic (exact) mass is 397 g/mol. The maximum Gasteiger partial charge on any atom is 0.251 e. The molecular weight excluding hydrogens is 368 g/mol. The van der Waals surface area contributed by atoms with Gasteiger partial charge in [0.2, 0.25) is 0 Å². The zero-order valence-corrected chi connectivity index (χ0v) is 17.4. The van der Waals surface area contributed by atoms with Gasteiger partial charge in [-0.15, -0.1) is 0 Å². The van der Waals surface area contributed by atoms with Crippen LogP contribution in [0, 0.1) is 6.92 Å². The molecule has 0 unspecified atom stereocenters. The molecular formula is C24H29F2N3. The molecule has 1 aliphatic rings. The maximum atomic E-state index is 12.7. The van der Waals surface area contributed by atoms with E-state index in [1.54, 1.807) is 0 Å². The molecule has 3 nitrogen and oxygen atoms in total. The van der Waals surface area contributed by atoms with Gasteiger partial charge in [0.15, 0.2) is 0 Å². The highest BCUT2D eigenvalue weighted by molar-refractivity contribution is 5.92. The van der Waals surface area contributed by atoms with Crippen LogP contribution in [-0.4, -0.2) is 40.9 Å². The molecule has 3 aromatic rings. The summed E-state index contributed by atoms with van der Waals surface area (Å²) in [7, 11) is 0. The van der Waals surface area contributed by atoms with E-state index in [1.165, 1.54) is 27.8 Å². The molecule has 0 bridgehead atoms. The predicted molar refractivity (Wildman–Crippen MR) is 115 cm³/mol. The minimum atomic E-state index is -2.24. The molecule has 5 heteroatoms. The van der Waals surface area contributed by atoms with Crippen molar-refractivity contribution in [2.24, 2.45) is 0 Å². The minimum Gasteiger partial charge on any atom is -0.354 e. The second kappa shape index (κ2) is 8.23. The van der Waals surface area contributed by atoms with Crippen molar-refractivity contribution in [2.45, 2.75) is 51.9 Å². The summed E-state index contributed by atoms with van der Waals surface area (Å²) in [5, 5.41) is 1.27. The van der Waals surface area contributed by atoms with Crippen molar-refractivity contribution < 1.29 is 8.78 Å². The van der Waals surface area contributed by atoms with E-state index in [4.69, 9.17) is 0 Å². The van der Waals surface area contributed by atoms with Gasteiger partial charge in [-0.1, -0.05) is 19.9 Å². The third-order valence-electron chi connectivity index (χ3n) is 6.08. The third-order valence-corrected chi connectivity index (χ3v) is 6.08. The molecule has 1 N–H and O–H groups in total. The van der Waals surface area contributed by atoms with Crippen LogP contribution in [0.5, 0.6) is 0 Å². The van der Waals surface area contributed by atoms with Gasteiger partial charge in [0.1, 0.15) is 0 Å². The number of H-pyrrole nitrogens is 1. The van der Waals surface area contributed by atoms with Gasteiger partial charge in [-0.3, -0.25) is 9.88 Å². The quantitative estimate of drug-likeness (QED) is 0.563. The number of likely N-dealkylation sites (tertiary alicyclic amines) is 1. The first-order chi connectivity index (χ1) is 13.9. The van der Waals surface area contributed by atoms with E-state index >= 15 is 0 Å². The highest BCUT2D eigenvalue weighted by Gasteiger charge is 2.24. The zero-order chi connectivity index (χ0) is 20.5. The Balaban J connectivity index is 1.66. The number of piperidine rings is 1. The van der Waals surface area contributed by atoms with Crippen molar-refractivity contribution in [1.29, 1.82) is 0 Å². The molecule has 1 fully saturated rings. The van der Waals surface area contributed by atoms with E-state index in [1.807, 2.05) is 18.0 Å². The van der Waals surface area contributed by atoms with E-state index in [0.29, 0.717) is 11.8 Å². The van der Waals surface area contributed by atoms with Crippen molar-refractivity contribution >= 4 is 10.9 Å². The molecule has 1 aliphatic heterocycles. The number of rotatable bonds is 5. The van der Waals surface area contributed by atoms with E-state index < -0.39 is 6.43 Å². The first-order valence-electron chi connectivity index (χ1n) is 10.5. The average molecular weight is 398 g/mol. The number of hydrogen-bond donors (Lipinski definition) is 1. The zero-order valence-electron chi connectivity index (χ0n) is 17.4. The summed E-state index contributed by atoms with van der Waals surface area (Å²) in [6, 6.07) is 10.9. The summed E-state index contributed by atoms with van der Waals surface area (Å²) in [6.07, 6.45) is 1.50. The van der Waals surface area contributed by atoms with E-state index in [9.17, 15) is 8.78 Å². The third kappa shape index (κ3) is 4.20. The fourth-order valence-electron chi connectivity index (χ4n) is 4.66. The van der Waals surface area contributed by atoms with Gasteiger partial charge in [0.25, 0.3) is 6.43 Å². The van der Waals surface area contributed by atoms with Crippen LogP contribution in [0.1, 0.15) is 55.3 Å². The number of alkyl halides is 2. The molecule has 0 spiro atoms. The highest BCUT2D eigenvalue weighted by atomic mass is 19.3. The SMILES string of the molecule is Cc1cc(-c2[nH]c3ccc(C4CCN(CC(F)F)CC4)cc3c2C(C)C)ccn1. The van der Waals surface area contributed by atoms with Gasteiger partial charge in [0.05, 0.1) is 12.2 Å². The number of benzene rings is 1. The summed E-state index contributed by atoms with van der Waals surface area (Å²) in [5.41, 5.74) is 7.16. The largest absolute Gasteiger partial charge is 0.354 e. The fourth-order valence-corrected chi connectivity index (χ4v) is 4.66. The summed E-state index contributed by atoms with van der Waals surface area (Å²) in [6.45, 7) is 7.87. The lowest BCUT2D eigenvalue weighted by Crippen LogP contribution is -2.36. The Bertz CT molecular complexity index is 985. The van der Waals surface area contributed by atoms with Gasteiger partial charge in [-0.05, 0) is 80.1 Å². The molecule has 0 aliphatic carbocycles. The second-order valence-corrected chi connectivity index (χ2v) is 8.53. The summed E-state index contributed by atoms with van der Waals surface area (Å²) in [4.78, 5) is 9.85. The van der Waals surface area contributed by atoms with E-state index in [-0.39, 0.29) is 6.54 Å². The van der Waals surface area contributed by atoms with Crippen LogP contribution in [0.25, 0.3) is 22.2 Å². The number of fused-ring (bicyclic) bond motifs is 1. The lowest BCUT2D eigenvalue weighted by atomic mass is 9.87. The topological polar surface area (TPSA) is 31.9 Å². The first-order valence-corrected chi connectivity index (χ1v) is 10.5. The van der Waals surface area contributed by atoms with Crippen LogP contribution in [-0.2, 0) is 0 Å². The van der Waals surface area contributed by atoms with Crippen molar-refractivity contribution in [3.63, 3.8) is 0 Å². The highest BCUT2D eigenvalue weighted by Crippen LogP contribution is 2.38. The van der Waals surface area contributed by atoms with E-state index in [0.717, 1.165) is 37.1 Å². The Kier molecular flexibility index (Phi) is 5.68. The lowest BCUT2D eigenvalue weighted by Gasteiger charge is -2.32. The van der Waals surface area contributed by atoms with Gasteiger partial charge in [-0.25, -0.2) is 8.78 Å². The minimum absolute atomic E-state index is 0.101. The Hall–Kier alpha value is -2.27. The fraction of sp³-hybridized carbons (Fsp3) is 0.458. The van der Waals surface area contributed by atoms with Crippen molar-refractivity contribution in [1.82, 2.24) is 14.9 Å². The lowest BCUT2D eigenvalue weighted by molar-refractivity contribution is 0.0754. The van der Waals surface area contributed by atoms with Crippen LogP contribution in [0.4, 0.5) is 8.78 Å². The number of aryl methyl sites for hydroxylation is 1. The van der Waals surface area contributed by atoms with Crippen LogP contribution in [0.15, 0.2) is 36.5 Å². The molecule has 0 radical (unpaired) electrons. The number of nitrogens with one attached hydrogen (secondary N) is 1. The summed E-state index contributed by atoms with van der Waals surface area (Å²) >= 11 is 0. The maximum absolute atomic E-state index is 12.7. The summed E-state index contributed by atoms with van der Waals surface area (Å²) in [5.74, 6) is 0.824. The van der Waals surface area contributed by atoms with Gasteiger partial charge < -0.3 is 4.98 Å². The van der Waals surface area contributed by atoms with Crippen molar-refractivity contribution in [3.05, 3.63) is 53.3 Å². The van der Waals surface area contributed by atoms with Crippen LogP contribution < -0.4 is 0 Å². The van der Waals surface area contributed by atoms with Gasteiger partial charge in [0, 0.05) is 28.4 Å². The molecule has 1 aromatic carbocycles. The summed E-state index contributed by atoms with van der Waals surface area (Å²) < 4.78 is 25.3. The van der Waals surface area contributed by atoms with Crippen molar-refractivity contribution in [3.8, 4) is 11.3 Å². The normalized spacial score (nSPS) is 16.4. The van der Waals surface area contributed by atoms with Gasteiger partial charge >= 0.3 is 0 Å². The Morgan fingerprint density at radius 3 is 2.55 bits per heavy atom.